The zero-order valence-corrected chi connectivity index (χ0v) is 22.6. The predicted octanol–water partition coefficient (Wildman–Crippen LogP) is 8.91. The van der Waals surface area contributed by atoms with Gasteiger partial charge in [0.2, 0.25) is 0 Å². The Morgan fingerprint density at radius 2 is 1.64 bits per heavy atom. The van der Waals surface area contributed by atoms with E-state index in [-0.39, 0.29) is 17.6 Å². The molecule has 0 heterocycles. The smallest absolute Gasteiger partial charge is 0.314 e. The maximum Gasteiger partial charge on any atom is 0.314 e. The Labute approximate surface area is 218 Å². The van der Waals surface area contributed by atoms with Gasteiger partial charge in [0.05, 0.1) is 5.92 Å². The zero-order valence-electron chi connectivity index (χ0n) is 22.6. The van der Waals surface area contributed by atoms with Crippen molar-refractivity contribution in [2.45, 2.75) is 104 Å². The number of halogens is 1. The van der Waals surface area contributed by atoms with E-state index in [9.17, 15) is 9.18 Å². The molecule has 0 amide bonds. The van der Waals surface area contributed by atoms with Crippen molar-refractivity contribution in [3.05, 3.63) is 36.2 Å². The Kier molecular flexibility index (Phi) is 10.3. The third kappa shape index (κ3) is 7.35. The van der Waals surface area contributed by atoms with Gasteiger partial charge in [0.15, 0.2) is 11.6 Å². The van der Waals surface area contributed by atoms with Gasteiger partial charge in [0.1, 0.15) is 12.4 Å². The Balaban J connectivity index is 1.20. The largest absolute Gasteiger partial charge is 0.489 e. The number of allylic oxidation sites excluding steroid dienone is 1. The van der Waals surface area contributed by atoms with Crippen molar-refractivity contribution in [3.8, 4) is 11.5 Å². The van der Waals surface area contributed by atoms with E-state index in [4.69, 9.17) is 9.47 Å². The van der Waals surface area contributed by atoms with E-state index >= 15 is 0 Å². The molecule has 0 saturated heterocycles. The summed E-state index contributed by atoms with van der Waals surface area (Å²) in [6, 6.07) is 4.44. The number of benzene rings is 1. The van der Waals surface area contributed by atoms with Gasteiger partial charge in [-0.1, -0.05) is 51.2 Å². The predicted molar refractivity (Wildman–Crippen MR) is 144 cm³/mol. The summed E-state index contributed by atoms with van der Waals surface area (Å²) in [6.07, 6.45) is 21.9. The molecule has 1 aromatic rings. The van der Waals surface area contributed by atoms with Crippen molar-refractivity contribution in [2.75, 3.05) is 6.61 Å². The summed E-state index contributed by atoms with van der Waals surface area (Å²) in [5.74, 6) is 4.00. The number of carbonyl (C=O) groups excluding carboxylic acids is 1. The van der Waals surface area contributed by atoms with E-state index in [1.807, 2.05) is 19.1 Å². The van der Waals surface area contributed by atoms with Crippen LogP contribution in [0, 0.1) is 41.3 Å². The van der Waals surface area contributed by atoms with Crippen molar-refractivity contribution < 1.29 is 18.7 Å². The van der Waals surface area contributed by atoms with Crippen LogP contribution >= 0.6 is 0 Å². The molecule has 1 aromatic carbocycles. The average molecular weight is 499 g/mol. The molecule has 4 heteroatoms. The molecule has 0 spiro atoms. The molecule has 3 aliphatic carbocycles. The Morgan fingerprint density at radius 3 is 2.36 bits per heavy atom. The van der Waals surface area contributed by atoms with Gasteiger partial charge in [-0.05, 0) is 106 Å². The molecule has 0 bridgehead atoms. The van der Waals surface area contributed by atoms with Crippen LogP contribution in [0.3, 0.4) is 0 Å². The molecular weight excluding hydrogens is 451 g/mol. The molecule has 4 atom stereocenters. The van der Waals surface area contributed by atoms with E-state index in [1.165, 1.54) is 76.3 Å². The minimum Gasteiger partial charge on any atom is -0.489 e. The summed E-state index contributed by atoms with van der Waals surface area (Å²) < 4.78 is 25.4. The molecule has 36 heavy (non-hydrogen) atoms. The van der Waals surface area contributed by atoms with Crippen LogP contribution in [-0.2, 0) is 4.79 Å². The Morgan fingerprint density at radius 1 is 0.944 bits per heavy atom. The van der Waals surface area contributed by atoms with Crippen LogP contribution in [0.5, 0.6) is 11.5 Å². The van der Waals surface area contributed by atoms with Gasteiger partial charge in [-0.25, -0.2) is 4.39 Å². The van der Waals surface area contributed by atoms with Crippen LogP contribution in [0.15, 0.2) is 30.4 Å². The summed E-state index contributed by atoms with van der Waals surface area (Å²) in [6.45, 7) is 4.60. The first kappa shape index (κ1) is 27.2. The second kappa shape index (κ2) is 13.6. The first-order valence-electron chi connectivity index (χ1n) is 14.8. The molecule has 4 rings (SSSR count). The van der Waals surface area contributed by atoms with Gasteiger partial charge in [-0.2, -0.15) is 0 Å². The molecule has 0 aliphatic heterocycles. The van der Waals surface area contributed by atoms with Crippen molar-refractivity contribution in [2.24, 2.45) is 35.5 Å². The number of esters is 1. The van der Waals surface area contributed by atoms with Gasteiger partial charge in [0, 0.05) is 6.07 Å². The SMILES string of the molecule is C/C=C/COc1ccc(OC(=O)C2CCC(C3CCC4CC(CCCCC)CCC4C3)CC2)c(F)c1. The number of ether oxygens (including phenoxy) is 2. The number of carbonyl (C=O) groups is 1. The number of hydrogen-bond acceptors (Lipinski definition) is 3. The van der Waals surface area contributed by atoms with E-state index in [2.05, 4.69) is 6.92 Å². The van der Waals surface area contributed by atoms with Crippen molar-refractivity contribution in [1.29, 1.82) is 0 Å². The second-order valence-corrected chi connectivity index (χ2v) is 11.8. The van der Waals surface area contributed by atoms with Crippen LogP contribution < -0.4 is 9.47 Å². The number of rotatable bonds is 10. The molecule has 0 radical (unpaired) electrons. The molecule has 200 valence electrons. The highest BCUT2D eigenvalue weighted by atomic mass is 19.1. The van der Waals surface area contributed by atoms with Crippen LogP contribution in [-0.4, -0.2) is 12.6 Å². The first-order valence-corrected chi connectivity index (χ1v) is 14.8. The topological polar surface area (TPSA) is 35.5 Å². The first-order chi connectivity index (χ1) is 17.6. The fourth-order valence-electron chi connectivity index (χ4n) is 7.31. The Bertz CT molecular complexity index is 857. The van der Waals surface area contributed by atoms with Crippen LogP contribution in [0.25, 0.3) is 0 Å². The molecule has 3 saturated carbocycles. The molecule has 0 aromatic heterocycles. The summed E-state index contributed by atoms with van der Waals surface area (Å²) in [5.41, 5.74) is 0. The van der Waals surface area contributed by atoms with Crippen molar-refractivity contribution in [3.63, 3.8) is 0 Å². The number of unbranched alkanes of at least 4 members (excludes halogenated alkanes) is 2. The van der Waals surface area contributed by atoms with E-state index in [0.29, 0.717) is 12.4 Å². The second-order valence-electron chi connectivity index (χ2n) is 11.8. The molecular formula is C32H47FO3. The van der Waals surface area contributed by atoms with Gasteiger partial charge < -0.3 is 9.47 Å². The molecule has 3 nitrogen and oxygen atoms in total. The highest BCUT2D eigenvalue weighted by Gasteiger charge is 2.39. The summed E-state index contributed by atoms with van der Waals surface area (Å²) in [4.78, 5) is 12.8. The zero-order chi connectivity index (χ0) is 25.3. The highest BCUT2D eigenvalue weighted by molar-refractivity contribution is 5.75. The van der Waals surface area contributed by atoms with E-state index in [0.717, 1.165) is 55.3 Å². The van der Waals surface area contributed by atoms with E-state index in [1.54, 1.807) is 6.07 Å². The third-order valence-electron chi connectivity index (χ3n) is 9.45. The summed E-state index contributed by atoms with van der Waals surface area (Å²) >= 11 is 0. The summed E-state index contributed by atoms with van der Waals surface area (Å²) in [5, 5.41) is 0. The average Bonchev–Trinajstić information content (AvgIpc) is 2.90. The van der Waals surface area contributed by atoms with Gasteiger partial charge >= 0.3 is 5.97 Å². The minimum atomic E-state index is -0.549. The maximum absolute atomic E-state index is 14.5. The normalized spacial score (nSPS) is 30.6. The van der Waals surface area contributed by atoms with Crippen LogP contribution in [0.1, 0.15) is 104 Å². The molecule has 3 aliphatic rings. The lowest BCUT2D eigenvalue weighted by atomic mass is 9.60. The molecule has 3 fully saturated rings. The van der Waals surface area contributed by atoms with Crippen molar-refractivity contribution in [1.82, 2.24) is 0 Å². The Hall–Kier alpha value is -1.84. The van der Waals surface area contributed by atoms with Gasteiger partial charge in [-0.15, -0.1) is 0 Å². The number of hydrogen-bond donors (Lipinski definition) is 0. The third-order valence-corrected chi connectivity index (χ3v) is 9.45. The lowest BCUT2D eigenvalue weighted by Gasteiger charge is -2.45. The minimum absolute atomic E-state index is 0.00382. The fourth-order valence-corrected chi connectivity index (χ4v) is 7.31. The number of fused-ring (bicyclic) bond motifs is 1. The standard InChI is InChI=1S/C32H47FO3/c1-3-5-7-8-23-9-10-28-21-27(16-15-26(28)20-23)24-11-13-25(14-12-24)32(34)36-31-18-17-29(22-30(31)33)35-19-6-4-2/h4,6,17-18,22-28H,3,5,7-16,19-21H2,1-2H3/b6-4+. The fraction of sp³-hybridized carbons (Fsp3) is 0.719. The molecule has 0 N–H and O–H groups in total. The molecule has 4 unspecified atom stereocenters. The maximum atomic E-state index is 14.5. The van der Waals surface area contributed by atoms with Crippen LogP contribution in [0.2, 0.25) is 0 Å². The quantitative estimate of drug-likeness (QED) is 0.140. The highest BCUT2D eigenvalue weighted by Crippen LogP contribution is 2.49. The summed E-state index contributed by atoms with van der Waals surface area (Å²) in [7, 11) is 0. The lowest BCUT2D eigenvalue weighted by Crippen LogP contribution is -2.35. The van der Waals surface area contributed by atoms with Gasteiger partial charge in [0.25, 0.3) is 0 Å². The lowest BCUT2D eigenvalue weighted by molar-refractivity contribution is -0.140. The monoisotopic (exact) mass is 498 g/mol. The van der Waals surface area contributed by atoms with E-state index < -0.39 is 5.82 Å². The van der Waals surface area contributed by atoms with Gasteiger partial charge in [-0.3, -0.25) is 4.79 Å². The van der Waals surface area contributed by atoms with Crippen LogP contribution in [0.4, 0.5) is 4.39 Å². The van der Waals surface area contributed by atoms with Crippen molar-refractivity contribution >= 4 is 5.97 Å².